The van der Waals surface area contributed by atoms with Gasteiger partial charge in [0.2, 0.25) is 0 Å². The Bertz CT molecular complexity index is 988. The van der Waals surface area contributed by atoms with E-state index in [1.54, 1.807) is 0 Å². The fraction of sp³-hybridized carbons (Fsp3) is 0.292. The van der Waals surface area contributed by atoms with Crippen molar-refractivity contribution in [3.05, 3.63) is 72.4 Å². The Morgan fingerprint density at radius 3 is 2.61 bits per heavy atom. The lowest BCUT2D eigenvalue weighted by Gasteiger charge is -2.38. The minimum absolute atomic E-state index is 0.214. The lowest BCUT2D eigenvalue weighted by Crippen LogP contribution is -2.41. The van der Waals surface area contributed by atoms with Gasteiger partial charge < -0.3 is 4.98 Å². The van der Waals surface area contributed by atoms with Crippen LogP contribution in [0.15, 0.2) is 61.1 Å². The molecule has 1 atom stereocenters. The Morgan fingerprint density at radius 2 is 1.79 bits per heavy atom. The molecule has 0 aliphatic carbocycles. The first-order valence-corrected chi connectivity index (χ1v) is 10.1. The van der Waals surface area contributed by atoms with E-state index in [0.29, 0.717) is 6.04 Å². The Hall–Kier alpha value is -2.72. The number of nitrogens with one attached hydrogen (secondary N) is 1. The summed E-state index contributed by atoms with van der Waals surface area (Å²) in [5.41, 5.74) is 7.03. The minimum atomic E-state index is -0.214. The summed E-state index contributed by atoms with van der Waals surface area (Å²) in [5, 5.41) is 0. The number of benzene rings is 1. The smallest absolute Gasteiger partial charge is 0.123 e. The van der Waals surface area contributed by atoms with Crippen LogP contribution in [0.25, 0.3) is 28.0 Å². The summed E-state index contributed by atoms with van der Waals surface area (Å²) >= 11 is 0. The van der Waals surface area contributed by atoms with Gasteiger partial charge in [-0.1, -0.05) is 12.5 Å². The minimum Gasteiger partial charge on any atom is -0.360 e. The average molecular weight is 373 g/mol. The summed E-state index contributed by atoms with van der Waals surface area (Å²) in [5.74, 6) is -0.214. The summed E-state index contributed by atoms with van der Waals surface area (Å²) in [6, 6.07) is 11.4. The average Bonchev–Trinajstić information content (AvgIpc) is 3.20. The van der Waals surface area contributed by atoms with Gasteiger partial charge in [0.15, 0.2) is 0 Å². The Morgan fingerprint density at radius 1 is 0.964 bits per heavy atom. The van der Waals surface area contributed by atoms with Crippen LogP contribution in [-0.2, 0) is 0 Å². The van der Waals surface area contributed by atoms with Gasteiger partial charge in [-0.25, -0.2) is 4.39 Å². The van der Waals surface area contributed by atoms with E-state index in [9.17, 15) is 4.39 Å². The first-order valence-electron chi connectivity index (χ1n) is 10.1. The normalized spacial score (nSPS) is 19.9. The van der Waals surface area contributed by atoms with Crippen molar-refractivity contribution in [1.82, 2.24) is 14.9 Å². The van der Waals surface area contributed by atoms with E-state index in [2.05, 4.69) is 39.3 Å². The molecule has 2 aliphatic heterocycles. The third-order valence-electron chi connectivity index (χ3n) is 6.05. The van der Waals surface area contributed by atoms with Gasteiger partial charge >= 0.3 is 0 Å². The number of rotatable bonds is 3. The molecular formula is C24H24FN3. The third kappa shape index (κ3) is 3.18. The molecule has 1 unspecified atom stereocenters. The highest BCUT2D eigenvalue weighted by atomic mass is 19.1. The predicted molar refractivity (Wildman–Crippen MR) is 111 cm³/mol. The van der Waals surface area contributed by atoms with Crippen molar-refractivity contribution in [2.45, 2.75) is 31.7 Å². The Labute approximate surface area is 164 Å². The van der Waals surface area contributed by atoms with Crippen LogP contribution < -0.4 is 0 Å². The quantitative estimate of drug-likeness (QED) is 0.655. The van der Waals surface area contributed by atoms with E-state index < -0.39 is 0 Å². The molecule has 0 spiro atoms. The monoisotopic (exact) mass is 373 g/mol. The van der Waals surface area contributed by atoms with Crippen LogP contribution in [0.5, 0.6) is 0 Å². The van der Waals surface area contributed by atoms with Crippen molar-refractivity contribution in [2.24, 2.45) is 0 Å². The van der Waals surface area contributed by atoms with Crippen molar-refractivity contribution in [2.75, 3.05) is 13.1 Å². The highest BCUT2D eigenvalue weighted by molar-refractivity contribution is 5.91. The van der Waals surface area contributed by atoms with Crippen molar-refractivity contribution in [3.8, 4) is 22.4 Å². The van der Waals surface area contributed by atoms with E-state index >= 15 is 0 Å². The molecule has 3 nitrogen and oxygen atoms in total. The largest absolute Gasteiger partial charge is 0.360 e. The molecule has 1 saturated heterocycles. The molecule has 0 amide bonds. The van der Waals surface area contributed by atoms with Gasteiger partial charge in [0.1, 0.15) is 5.82 Å². The van der Waals surface area contributed by atoms with Gasteiger partial charge in [-0.15, -0.1) is 0 Å². The zero-order valence-corrected chi connectivity index (χ0v) is 15.9. The summed E-state index contributed by atoms with van der Waals surface area (Å²) in [6.07, 6.45) is 13.2. The molecule has 2 aliphatic rings. The second kappa shape index (κ2) is 7.36. The molecule has 0 saturated carbocycles. The van der Waals surface area contributed by atoms with E-state index in [-0.39, 0.29) is 5.82 Å². The first kappa shape index (κ1) is 17.4. The number of halogens is 1. The van der Waals surface area contributed by atoms with Crippen LogP contribution in [0.4, 0.5) is 4.39 Å². The van der Waals surface area contributed by atoms with Gasteiger partial charge in [0.05, 0.1) is 5.69 Å². The Balaban J connectivity index is 1.62. The number of hydrogen-bond donors (Lipinski definition) is 1. The second-order valence-corrected chi connectivity index (χ2v) is 7.74. The molecule has 28 heavy (non-hydrogen) atoms. The van der Waals surface area contributed by atoms with Crippen molar-refractivity contribution in [3.63, 3.8) is 0 Å². The summed E-state index contributed by atoms with van der Waals surface area (Å²) in [4.78, 5) is 10.3. The highest BCUT2D eigenvalue weighted by Crippen LogP contribution is 2.40. The van der Waals surface area contributed by atoms with Crippen molar-refractivity contribution in [1.29, 1.82) is 0 Å². The highest BCUT2D eigenvalue weighted by Gasteiger charge is 2.27. The molecule has 1 aromatic carbocycles. The van der Waals surface area contributed by atoms with Gasteiger partial charge in [-0.2, -0.15) is 0 Å². The summed E-state index contributed by atoms with van der Waals surface area (Å²) in [7, 11) is 0. The maximum atomic E-state index is 13.4. The number of aromatic nitrogens is 2. The van der Waals surface area contributed by atoms with E-state index in [1.807, 2.05) is 24.5 Å². The standard InChI is InChI=1S/C24H24FN3/c25-20-6-4-18(5-7-20)24-23(17-8-11-26-12-9-17)22(16-27-24)19-10-14-28-13-2-1-3-21(28)15-19/h4-9,11-12,15-16,21,27H,1-3,10,13-14H2. The lowest BCUT2D eigenvalue weighted by atomic mass is 9.88. The van der Waals surface area contributed by atoms with Crippen molar-refractivity contribution < 1.29 is 4.39 Å². The topological polar surface area (TPSA) is 31.9 Å². The molecule has 5 rings (SSSR count). The fourth-order valence-electron chi connectivity index (χ4n) is 4.63. The van der Waals surface area contributed by atoms with Crippen LogP contribution in [0.2, 0.25) is 0 Å². The molecule has 4 heterocycles. The zero-order chi connectivity index (χ0) is 18.9. The SMILES string of the molecule is Fc1ccc(-c2[nH]cc(C3=CC4CCCCN4CC3)c2-c2ccncc2)cc1. The maximum absolute atomic E-state index is 13.4. The van der Waals surface area contributed by atoms with E-state index in [0.717, 1.165) is 29.8 Å². The van der Waals surface area contributed by atoms with Crippen LogP contribution in [0, 0.1) is 5.82 Å². The maximum Gasteiger partial charge on any atom is 0.123 e. The molecule has 4 heteroatoms. The number of H-pyrrole nitrogens is 1. The summed E-state index contributed by atoms with van der Waals surface area (Å²) < 4.78 is 13.4. The first-order chi connectivity index (χ1) is 13.8. The number of aromatic amines is 1. The fourth-order valence-corrected chi connectivity index (χ4v) is 4.63. The number of nitrogens with zero attached hydrogens (tertiary/aromatic N) is 2. The predicted octanol–water partition coefficient (Wildman–Crippen LogP) is 5.52. The van der Waals surface area contributed by atoms with E-state index in [4.69, 9.17) is 0 Å². The van der Waals surface area contributed by atoms with Gasteiger partial charge in [-0.05, 0) is 78.9 Å². The van der Waals surface area contributed by atoms with Crippen LogP contribution in [0.1, 0.15) is 31.2 Å². The molecular weight excluding hydrogens is 349 g/mol. The second-order valence-electron chi connectivity index (χ2n) is 7.74. The lowest BCUT2D eigenvalue weighted by molar-refractivity contribution is 0.177. The van der Waals surface area contributed by atoms with Crippen LogP contribution in [0.3, 0.4) is 0 Å². The van der Waals surface area contributed by atoms with Gasteiger partial charge in [-0.3, -0.25) is 9.88 Å². The molecule has 142 valence electrons. The molecule has 0 bridgehead atoms. The van der Waals surface area contributed by atoms with Crippen molar-refractivity contribution >= 4 is 5.57 Å². The summed E-state index contributed by atoms with van der Waals surface area (Å²) in [6.45, 7) is 2.35. The number of pyridine rings is 1. The van der Waals surface area contributed by atoms with Crippen LogP contribution in [-0.4, -0.2) is 34.0 Å². The molecule has 3 aromatic rings. The zero-order valence-electron chi connectivity index (χ0n) is 15.9. The number of piperidine rings is 1. The van der Waals surface area contributed by atoms with Gasteiger partial charge in [0, 0.05) is 42.3 Å². The third-order valence-corrected chi connectivity index (χ3v) is 6.05. The number of hydrogen-bond acceptors (Lipinski definition) is 2. The Kier molecular flexibility index (Phi) is 4.57. The van der Waals surface area contributed by atoms with E-state index in [1.165, 1.54) is 54.6 Å². The van der Waals surface area contributed by atoms with Crippen LogP contribution >= 0.6 is 0 Å². The molecule has 1 fully saturated rings. The molecule has 1 N–H and O–H groups in total. The van der Waals surface area contributed by atoms with Gasteiger partial charge in [0.25, 0.3) is 0 Å². The molecule has 0 radical (unpaired) electrons. The molecule has 2 aromatic heterocycles. The number of fused-ring (bicyclic) bond motifs is 1.